The quantitative estimate of drug-likeness (QED) is 0.708. The van der Waals surface area contributed by atoms with Crippen molar-refractivity contribution >= 4 is 17.3 Å². The minimum absolute atomic E-state index is 0.174. The highest BCUT2D eigenvalue weighted by Gasteiger charge is 2.08. The molecule has 0 fully saturated rings. The Hall–Kier alpha value is -3.08. The van der Waals surface area contributed by atoms with Gasteiger partial charge in [-0.2, -0.15) is 5.10 Å². The lowest BCUT2D eigenvalue weighted by Crippen LogP contribution is -2.13. The summed E-state index contributed by atoms with van der Waals surface area (Å²) < 4.78 is 1.90. The number of carbonyl (C=O) groups excluding carboxylic acids is 1. The van der Waals surface area contributed by atoms with Crippen molar-refractivity contribution in [2.45, 2.75) is 19.9 Å². The largest absolute Gasteiger partial charge is 0.397 e. The van der Waals surface area contributed by atoms with E-state index in [0.29, 0.717) is 23.5 Å². The van der Waals surface area contributed by atoms with Crippen LogP contribution in [0.5, 0.6) is 0 Å². The summed E-state index contributed by atoms with van der Waals surface area (Å²) in [5.74, 6) is -0.174. The van der Waals surface area contributed by atoms with Crippen LogP contribution in [0.15, 0.2) is 60.8 Å². The van der Waals surface area contributed by atoms with E-state index in [4.69, 9.17) is 5.73 Å². The Bertz CT molecular complexity index is 837. The molecule has 3 N–H and O–H groups in total. The van der Waals surface area contributed by atoms with E-state index < -0.39 is 0 Å². The van der Waals surface area contributed by atoms with E-state index >= 15 is 0 Å². The monoisotopic (exact) mass is 320 g/mol. The van der Waals surface area contributed by atoms with Gasteiger partial charge in [-0.05, 0) is 42.3 Å². The van der Waals surface area contributed by atoms with E-state index in [1.54, 1.807) is 12.1 Å². The number of benzene rings is 2. The molecular weight excluding hydrogens is 300 g/mol. The number of rotatable bonds is 5. The van der Waals surface area contributed by atoms with E-state index in [0.717, 1.165) is 17.7 Å². The molecule has 0 spiro atoms. The van der Waals surface area contributed by atoms with Crippen LogP contribution in [0, 0.1) is 0 Å². The van der Waals surface area contributed by atoms with Gasteiger partial charge in [0.1, 0.15) is 0 Å². The van der Waals surface area contributed by atoms with Crippen LogP contribution in [0.2, 0.25) is 0 Å². The smallest absolute Gasteiger partial charge is 0.255 e. The summed E-state index contributed by atoms with van der Waals surface area (Å²) in [5, 5.41) is 7.30. The lowest BCUT2D eigenvalue weighted by atomic mass is 10.1. The van der Waals surface area contributed by atoms with Crippen LogP contribution in [0.25, 0.3) is 0 Å². The molecule has 0 atom stereocenters. The lowest BCUT2D eigenvalue weighted by molar-refractivity contribution is 0.102. The molecule has 24 heavy (non-hydrogen) atoms. The first kappa shape index (κ1) is 15.8. The third-order valence-electron chi connectivity index (χ3n) is 3.83. The summed E-state index contributed by atoms with van der Waals surface area (Å²) in [7, 11) is 0. The molecule has 2 aromatic carbocycles. The van der Waals surface area contributed by atoms with Crippen LogP contribution < -0.4 is 11.1 Å². The van der Waals surface area contributed by atoms with Gasteiger partial charge in [-0.1, -0.05) is 31.2 Å². The lowest BCUT2D eigenvalue weighted by Gasteiger charge is -2.08. The number of nitrogens with two attached hydrogens (primary N) is 1. The van der Waals surface area contributed by atoms with Gasteiger partial charge in [0.05, 0.1) is 23.6 Å². The van der Waals surface area contributed by atoms with Crippen LogP contribution in [0.1, 0.15) is 28.5 Å². The second-order valence-electron chi connectivity index (χ2n) is 5.60. The van der Waals surface area contributed by atoms with Crippen LogP contribution in [-0.4, -0.2) is 15.7 Å². The van der Waals surface area contributed by atoms with Crippen LogP contribution in [0.4, 0.5) is 11.4 Å². The molecule has 0 unspecified atom stereocenters. The number of hydrogen-bond donors (Lipinski definition) is 2. The van der Waals surface area contributed by atoms with Gasteiger partial charge in [0.25, 0.3) is 5.91 Å². The fraction of sp³-hybridized carbons (Fsp3) is 0.158. The maximum atomic E-state index is 12.3. The van der Waals surface area contributed by atoms with Crippen LogP contribution in [0.3, 0.4) is 0 Å². The second-order valence-corrected chi connectivity index (χ2v) is 5.60. The summed E-state index contributed by atoms with van der Waals surface area (Å²) in [6.07, 6.45) is 2.90. The molecule has 0 radical (unpaired) electrons. The third kappa shape index (κ3) is 3.63. The van der Waals surface area contributed by atoms with Gasteiger partial charge in [0, 0.05) is 11.8 Å². The fourth-order valence-corrected chi connectivity index (χ4v) is 2.43. The minimum Gasteiger partial charge on any atom is -0.397 e. The van der Waals surface area contributed by atoms with Gasteiger partial charge >= 0.3 is 0 Å². The summed E-state index contributed by atoms with van der Waals surface area (Å²) in [6, 6.07) is 16.7. The minimum atomic E-state index is -0.174. The Balaban J connectivity index is 1.67. The van der Waals surface area contributed by atoms with E-state index in [-0.39, 0.29) is 5.91 Å². The Morgan fingerprint density at radius 2 is 1.88 bits per heavy atom. The van der Waals surface area contributed by atoms with Gasteiger partial charge in [-0.25, -0.2) is 0 Å². The van der Waals surface area contributed by atoms with Crippen LogP contribution in [-0.2, 0) is 13.0 Å². The Morgan fingerprint density at radius 3 is 2.54 bits per heavy atom. The van der Waals surface area contributed by atoms with Crippen molar-refractivity contribution in [1.82, 2.24) is 9.78 Å². The van der Waals surface area contributed by atoms with Gasteiger partial charge in [0.2, 0.25) is 0 Å². The molecule has 1 amide bonds. The van der Waals surface area contributed by atoms with E-state index in [1.165, 1.54) is 0 Å². The SMILES string of the molecule is CCc1ccn(Cc2ccc(C(=O)Nc3ccccc3N)cc2)n1. The predicted octanol–water partition coefficient (Wildman–Crippen LogP) is 3.33. The molecule has 1 aromatic heterocycles. The van der Waals surface area contributed by atoms with E-state index in [2.05, 4.69) is 17.3 Å². The number of para-hydroxylation sites is 2. The second kappa shape index (κ2) is 7.00. The normalized spacial score (nSPS) is 10.5. The van der Waals surface area contributed by atoms with Crippen molar-refractivity contribution in [1.29, 1.82) is 0 Å². The summed E-state index contributed by atoms with van der Waals surface area (Å²) in [5.41, 5.74) is 9.78. The molecular formula is C19H20N4O. The average molecular weight is 320 g/mol. The number of aryl methyl sites for hydroxylation is 1. The number of anilines is 2. The molecule has 0 aliphatic heterocycles. The Morgan fingerprint density at radius 1 is 1.12 bits per heavy atom. The van der Waals surface area contributed by atoms with Crippen molar-refractivity contribution in [3.8, 4) is 0 Å². The fourth-order valence-electron chi connectivity index (χ4n) is 2.43. The summed E-state index contributed by atoms with van der Waals surface area (Å²) in [4.78, 5) is 12.3. The number of amides is 1. The summed E-state index contributed by atoms with van der Waals surface area (Å²) in [6.45, 7) is 2.77. The highest BCUT2D eigenvalue weighted by atomic mass is 16.1. The number of hydrogen-bond acceptors (Lipinski definition) is 3. The molecule has 0 saturated heterocycles. The standard InChI is InChI=1S/C19H20N4O/c1-2-16-11-12-23(22-16)13-14-7-9-15(10-8-14)19(24)21-18-6-4-3-5-17(18)20/h3-12H,2,13,20H2,1H3,(H,21,24). The van der Waals surface area contributed by atoms with Gasteiger partial charge in [-0.15, -0.1) is 0 Å². The molecule has 122 valence electrons. The first-order chi connectivity index (χ1) is 11.7. The van der Waals surface area contributed by atoms with Gasteiger partial charge in [-0.3, -0.25) is 9.48 Å². The molecule has 5 heteroatoms. The first-order valence-corrected chi connectivity index (χ1v) is 7.93. The number of nitrogen functional groups attached to an aromatic ring is 1. The summed E-state index contributed by atoms with van der Waals surface area (Å²) >= 11 is 0. The zero-order valence-corrected chi connectivity index (χ0v) is 13.6. The highest BCUT2D eigenvalue weighted by Crippen LogP contribution is 2.18. The number of nitrogens with one attached hydrogen (secondary N) is 1. The Kier molecular flexibility index (Phi) is 4.61. The molecule has 0 saturated carbocycles. The van der Waals surface area contributed by atoms with Crippen molar-refractivity contribution < 1.29 is 4.79 Å². The Labute approximate surface area is 141 Å². The average Bonchev–Trinajstić information content (AvgIpc) is 3.05. The van der Waals surface area contributed by atoms with Crippen LogP contribution >= 0.6 is 0 Å². The molecule has 5 nitrogen and oxygen atoms in total. The highest BCUT2D eigenvalue weighted by molar-refractivity contribution is 6.05. The third-order valence-corrected chi connectivity index (χ3v) is 3.83. The predicted molar refractivity (Wildman–Crippen MR) is 96.0 cm³/mol. The van der Waals surface area contributed by atoms with Crippen molar-refractivity contribution in [3.05, 3.63) is 77.6 Å². The molecule has 3 rings (SSSR count). The number of nitrogens with zero attached hydrogens (tertiary/aromatic N) is 2. The molecule has 3 aromatic rings. The first-order valence-electron chi connectivity index (χ1n) is 7.93. The zero-order valence-electron chi connectivity index (χ0n) is 13.6. The number of carbonyl (C=O) groups is 1. The maximum Gasteiger partial charge on any atom is 0.255 e. The van der Waals surface area contributed by atoms with Gasteiger partial charge < -0.3 is 11.1 Å². The number of aromatic nitrogens is 2. The molecule has 0 aliphatic rings. The van der Waals surface area contributed by atoms with E-state index in [9.17, 15) is 4.79 Å². The van der Waals surface area contributed by atoms with E-state index in [1.807, 2.05) is 53.3 Å². The zero-order chi connectivity index (χ0) is 16.9. The molecule has 0 bridgehead atoms. The van der Waals surface area contributed by atoms with Gasteiger partial charge in [0.15, 0.2) is 0 Å². The van der Waals surface area contributed by atoms with Crippen molar-refractivity contribution in [2.75, 3.05) is 11.1 Å². The molecule has 0 aliphatic carbocycles. The van der Waals surface area contributed by atoms with Crippen molar-refractivity contribution in [3.63, 3.8) is 0 Å². The molecule has 1 heterocycles. The topological polar surface area (TPSA) is 72.9 Å². The maximum absolute atomic E-state index is 12.3. The van der Waals surface area contributed by atoms with Crippen molar-refractivity contribution in [2.24, 2.45) is 0 Å².